The minimum Gasteiger partial charge on any atom is -0.352 e. The molecule has 0 fully saturated rings. The van der Waals surface area contributed by atoms with E-state index in [4.69, 9.17) is 22.1 Å². The van der Waals surface area contributed by atoms with E-state index in [-0.39, 0.29) is 6.04 Å². The molecule has 1 aromatic heterocycles. The minimum absolute atomic E-state index is 0.169. The van der Waals surface area contributed by atoms with Gasteiger partial charge in [-0.05, 0) is 19.9 Å². The van der Waals surface area contributed by atoms with E-state index in [1.54, 1.807) is 12.3 Å². The third-order valence-electron chi connectivity index (χ3n) is 2.35. The van der Waals surface area contributed by atoms with E-state index >= 15 is 0 Å². The van der Waals surface area contributed by atoms with Crippen molar-refractivity contribution in [2.45, 2.75) is 26.3 Å². The van der Waals surface area contributed by atoms with E-state index in [1.807, 2.05) is 24.8 Å². The molecular formula is C12H13ClN4. The second-order valence-corrected chi connectivity index (χ2v) is 4.18. The first-order valence-electron chi connectivity index (χ1n) is 5.30. The van der Waals surface area contributed by atoms with Crippen molar-refractivity contribution in [3.05, 3.63) is 22.8 Å². The van der Waals surface area contributed by atoms with Crippen LogP contribution in [-0.2, 0) is 0 Å². The summed E-state index contributed by atoms with van der Waals surface area (Å²) in [5.41, 5.74) is 0.402. The van der Waals surface area contributed by atoms with Crippen molar-refractivity contribution in [2.75, 3.05) is 11.4 Å². The zero-order valence-electron chi connectivity index (χ0n) is 9.81. The summed E-state index contributed by atoms with van der Waals surface area (Å²) in [5, 5.41) is 17.9. The fourth-order valence-corrected chi connectivity index (χ4v) is 1.76. The van der Waals surface area contributed by atoms with Crippen LogP contribution in [0.25, 0.3) is 0 Å². The number of aromatic nitrogens is 1. The van der Waals surface area contributed by atoms with E-state index < -0.39 is 0 Å². The smallest absolute Gasteiger partial charge is 0.148 e. The second kappa shape index (κ2) is 6.08. The molecule has 5 heteroatoms. The first kappa shape index (κ1) is 13.3. The van der Waals surface area contributed by atoms with Gasteiger partial charge in [0.25, 0.3) is 0 Å². The Bertz CT molecular complexity index is 470. The molecule has 88 valence electrons. The monoisotopic (exact) mass is 248 g/mol. The molecule has 0 aromatic carbocycles. The quantitative estimate of drug-likeness (QED) is 0.822. The topological polar surface area (TPSA) is 63.7 Å². The van der Waals surface area contributed by atoms with Gasteiger partial charge in [-0.15, -0.1) is 0 Å². The summed E-state index contributed by atoms with van der Waals surface area (Å²) in [7, 11) is 0. The van der Waals surface area contributed by atoms with Crippen molar-refractivity contribution in [3.63, 3.8) is 0 Å². The van der Waals surface area contributed by atoms with Crippen LogP contribution in [0.1, 0.15) is 25.8 Å². The summed E-state index contributed by atoms with van der Waals surface area (Å²) in [6.45, 7) is 4.54. The van der Waals surface area contributed by atoms with Crippen LogP contribution in [0.2, 0.25) is 5.02 Å². The lowest BCUT2D eigenvalue weighted by molar-refractivity contribution is 0.677. The number of hydrogen-bond donors (Lipinski definition) is 0. The number of nitrogens with zero attached hydrogens (tertiary/aromatic N) is 4. The Kier molecular flexibility index (Phi) is 4.75. The molecule has 0 saturated carbocycles. The van der Waals surface area contributed by atoms with Crippen molar-refractivity contribution in [3.8, 4) is 12.1 Å². The molecule has 4 nitrogen and oxygen atoms in total. The number of rotatable bonds is 4. The maximum absolute atomic E-state index is 8.91. The van der Waals surface area contributed by atoms with Gasteiger partial charge in [0.05, 0.1) is 18.1 Å². The van der Waals surface area contributed by atoms with E-state index in [0.29, 0.717) is 29.4 Å². The molecule has 0 aliphatic carbocycles. The van der Waals surface area contributed by atoms with E-state index in [9.17, 15) is 0 Å². The Morgan fingerprint density at radius 2 is 2.18 bits per heavy atom. The molecule has 1 heterocycles. The van der Waals surface area contributed by atoms with Crippen LogP contribution in [0.5, 0.6) is 0 Å². The van der Waals surface area contributed by atoms with Crippen molar-refractivity contribution >= 4 is 17.4 Å². The Labute approximate surface area is 106 Å². The molecule has 0 bridgehead atoms. The van der Waals surface area contributed by atoms with Crippen LogP contribution in [0.3, 0.4) is 0 Å². The van der Waals surface area contributed by atoms with Crippen molar-refractivity contribution < 1.29 is 0 Å². The normalized spacial score (nSPS) is 9.76. The molecule has 0 amide bonds. The van der Waals surface area contributed by atoms with E-state index in [1.165, 1.54) is 0 Å². The van der Waals surface area contributed by atoms with Gasteiger partial charge in [0.15, 0.2) is 0 Å². The van der Waals surface area contributed by atoms with Gasteiger partial charge in [-0.2, -0.15) is 10.5 Å². The average molecular weight is 249 g/mol. The fourth-order valence-electron chi connectivity index (χ4n) is 1.50. The van der Waals surface area contributed by atoms with Crippen LogP contribution < -0.4 is 4.90 Å². The second-order valence-electron chi connectivity index (χ2n) is 3.80. The molecule has 0 unspecified atom stereocenters. The summed E-state index contributed by atoms with van der Waals surface area (Å²) in [5.74, 6) is 0.566. The zero-order valence-corrected chi connectivity index (χ0v) is 10.6. The number of hydrogen-bond acceptors (Lipinski definition) is 4. The van der Waals surface area contributed by atoms with Gasteiger partial charge >= 0.3 is 0 Å². The minimum atomic E-state index is 0.169. The predicted molar refractivity (Wildman–Crippen MR) is 66.7 cm³/mol. The Morgan fingerprint density at radius 3 is 2.71 bits per heavy atom. The summed E-state index contributed by atoms with van der Waals surface area (Å²) in [6.07, 6.45) is 1.95. The van der Waals surface area contributed by atoms with Gasteiger partial charge in [0.1, 0.15) is 16.9 Å². The fraction of sp³-hybridized carbons (Fsp3) is 0.417. The number of pyridine rings is 1. The lowest BCUT2D eigenvalue weighted by atomic mass is 10.2. The Balaban J connectivity index is 3.11. The molecule has 0 radical (unpaired) electrons. The number of halogens is 1. The Hall–Kier alpha value is -1.78. The van der Waals surface area contributed by atoms with Crippen LogP contribution in [0.4, 0.5) is 5.82 Å². The molecule has 17 heavy (non-hydrogen) atoms. The third kappa shape index (κ3) is 3.09. The van der Waals surface area contributed by atoms with Crippen LogP contribution in [0.15, 0.2) is 12.3 Å². The molecule has 0 atom stereocenters. The van der Waals surface area contributed by atoms with Crippen molar-refractivity contribution in [1.82, 2.24) is 4.98 Å². The molecule has 0 aliphatic rings. The molecule has 1 aromatic rings. The molecule has 0 saturated heterocycles. The van der Waals surface area contributed by atoms with Gasteiger partial charge in [0, 0.05) is 18.8 Å². The van der Waals surface area contributed by atoms with Gasteiger partial charge in [-0.3, -0.25) is 0 Å². The highest BCUT2D eigenvalue weighted by Crippen LogP contribution is 2.27. The lowest BCUT2D eigenvalue weighted by Crippen LogP contribution is -2.32. The molecular weight excluding hydrogens is 236 g/mol. The molecule has 1 rings (SSSR count). The number of anilines is 1. The van der Waals surface area contributed by atoms with Gasteiger partial charge in [0.2, 0.25) is 0 Å². The third-order valence-corrected chi connectivity index (χ3v) is 2.72. The SMILES string of the molecule is CC(C)N(CCC#N)c1nccc(C#N)c1Cl. The van der Waals surface area contributed by atoms with Crippen LogP contribution >= 0.6 is 11.6 Å². The highest BCUT2D eigenvalue weighted by atomic mass is 35.5. The maximum Gasteiger partial charge on any atom is 0.148 e. The summed E-state index contributed by atoms with van der Waals surface area (Å²) in [4.78, 5) is 6.12. The lowest BCUT2D eigenvalue weighted by Gasteiger charge is -2.27. The van der Waals surface area contributed by atoms with Gasteiger partial charge in [-0.25, -0.2) is 4.98 Å². The van der Waals surface area contributed by atoms with Crippen molar-refractivity contribution in [2.24, 2.45) is 0 Å². The standard InChI is InChI=1S/C12H13ClN4/c1-9(2)17(7-3-5-14)12-11(13)10(8-15)4-6-16-12/h4,6,9H,3,7H2,1-2H3. The van der Waals surface area contributed by atoms with Gasteiger partial charge < -0.3 is 4.90 Å². The summed E-state index contributed by atoms with van der Waals surface area (Å²) >= 11 is 6.12. The van der Waals surface area contributed by atoms with Crippen LogP contribution in [-0.4, -0.2) is 17.6 Å². The van der Waals surface area contributed by atoms with E-state index in [2.05, 4.69) is 11.1 Å². The molecule has 0 aliphatic heterocycles. The number of nitriles is 2. The largest absolute Gasteiger partial charge is 0.352 e. The first-order chi connectivity index (χ1) is 8.11. The highest BCUT2D eigenvalue weighted by molar-refractivity contribution is 6.34. The Morgan fingerprint density at radius 1 is 1.47 bits per heavy atom. The molecule has 0 spiro atoms. The zero-order chi connectivity index (χ0) is 12.8. The summed E-state index contributed by atoms with van der Waals surface area (Å²) < 4.78 is 0. The first-order valence-corrected chi connectivity index (χ1v) is 5.67. The van der Waals surface area contributed by atoms with Crippen LogP contribution in [0, 0.1) is 22.7 Å². The predicted octanol–water partition coefficient (Wildman–Crippen LogP) is 2.74. The maximum atomic E-state index is 8.91. The molecule has 0 N–H and O–H groups in total. The van der Waals surface area contributed by atoms with Gasteiger partial charge in [-0.1, -0.05) is 11.6 Å². The summed E-state index contributed by atoms with van der Waals surface area (Å²) in [6, 6.07) is 5.86. The van der Waals surface area contributed by atoms with Crippen molar-refractivity contribution in [1.29, 1.82) is 10.5 Å². The highest BCUT2D eigenvalue weighted by Gasteiger charge is 2.17. The van der Waals surface area contributed by atoms with E-state index in [0.717, 1.165) is 0 Å². The average Bonchev–Trinajstić information content (AvgIpc) is 2.31.